The number of aromatic nitrogens is 1. The van der Waals surface area contributed by atoms with Crippen molar-refractivity contribution in [1.82, 2.24) is 14.8 Å². The maximum absolute atomic E-state index is 13.1. The largest absolute Gasteiger partial charge is 0.484 e. The van der Waals surface area contributed by atoms with Crippen LogP contribution in [0.25, 0.3) is 0 Å². The van der Waals surface area contributed by atoms with E-state index in [2.05, 4.69) is 23.9 Å². The summed E-state index contributed by atoms with van der Waals surface area (Å²) in [7, 11) is 3.87. The molecule has 0 spiro atoms. The lowest BCUT2D eigenvalue weighted by molar-refractivity contribution is 0.0724. The Bertz CT molecular complexity index is 779. The van der Waals surface area contributed by atoms with Crippen LogP contribution in [0.15, 0.2) is 34.9 Å². The molecule has 3 rings (SSSR count). The maximum atomic E-state index is 13.1. The fourth-order valence-corrected chi connectivity index (χ4v) is 3.42. The van der Waals surface area contributed by atoms with Gasteiger partial charge in [-0.25, -0.2) is 9.37 Å². The van der Waals surface area contributed by atoms with E-state index in [1.54, 1.807) is 24.1 Å². The summed E-state index contributed by atoms with van der Waals surface area (Å²) in [6.45, 7) is 4.91. The van der Waals surface area contributed by atoms with Gasteiger partial charge in [0.1, 0.15) is 17.8 Å². The fourth-order valence-electron chi connectivity index (χ4n) is 3.42. The van der Waals surface area contributed by atoms with E-state index in [0.717, 1.165) is 19.5 Å². The number of likely N-dealkylation sites (tertiary alicyclic amines) is 1. The summed E-state index contributed by atoms with van der Waals surface area (Å²) < 4.78 is 23.9. The monoisotopic (exact) mass is 361 g/mol. The molecule has 1 saturated heterocycles. The molecule has 1 aromatic heterocycles. The number of ether oxygens (including phenoxy) is 1. The van der Waals surface area contributed by atoms with Crippen molar-refractivity contribution >= 4 is 5.91 Å². The van der Waals surface area contributed by atoms with Crippen LogP contribution in [-0.4, -0.2) is 54.4 Å². The molecule has 0 radical (unpaired) electrons. The minimum absolute atomic E-state index is 0.0307. The van der Waals surface area contributed by atoms with Crippen LogP contribution in [0.1, 0.15) is 29.7 Å². The highest BCUT2D eigenvalue weighted by molar-refractivity contribution is 5.91. The molecule has 2 heterocycles. The average molecular weight is 361 g/mol. The summed E-state index contributed by atoms with van der Waals surface area (Å²) >= 11 is 0. The molecule has 140 valence electrons. The minimum atomic E-state index is -0.376. The normalized spacial score (nSPS) is 20.3. The Labute approximate surface area is 152 Å². The molecule has 1 aliphatic rings. The first-order valence-electron chi connectivity index (χ1n) is 8.61. The summed E-state index contributed by atoms with van der Waals surface area (Å²) in [5.41, 5.74) is 0.340. The maximum Gasteiger partial charge on any atom is 0.275 e. The lowest BCUT2D eigenvalue weighted by Crippen LogP contribution is -2.38. The third-order valence-corrected chi connectivity index (χ3v) is 4.64. The zero-order valence-electron chi connectivity index (χ0n) is 15.4. The summed E-state index contributed by atoms with van der Waals surface area (Å²) in [6.07, 6.45) is 2.40. The van der Waals surface area contributed by atoms with E-state index in [4.69, 9.17) is 9.15 Å². The van der Waals surface area contributed by atoms with Gasteiger partial charge in [0.25, 0.3) is 5.91 Å². The van der Waals surface area contributed by atoms with Crippen molar-refractivity contribution in [3.05, 3.63) is 47.9 Å². The van der Waals surface area contributed by atoms with Gasteiger partial charge in [-0.2, -0.15) is 0 Å². The van der Waals surface area contributed by atoms with Crippen molar-refractivity contribution in [3.63, 3.8) is 0 Å². The van der Waals surface area contributed by atoms with Crippen LogP contribution in [0.2, 0.25) is 0 Å². The lowest BCUT2D eigenvalue weighted by atomic mass is 9.89. The average Bonchev–Trinajstić information content (AvgIpc) is 3.19. The second-order valence-electron chi connectivity index (χ2n) is 7.33. The molecule has 0 saturated carbocycles. The highest BCUT2D eigenvalue weighted by Crippen LogP contribution is 2.30. The second-order valence-corrected chi connectivity index (χ2v) is 7.33. The summed E-state index contributed by atoms with van der Waals surface area (Å²) in [6, 6.07) is 5.83. The van der Waals surface area contributed by atoms with E-state index < -0.39 is 0 Å². The lowest BCUT2D eigenvalue weighted by Gasteiger charge is -2.29. The molecule has 0 aliphatic carbocycles. The molecule has 1 fully saturated rings. The Hall–Kier alpha value is -2.41. The molecule has 1 amide bonds. The van der Waals surface area contributed by atoms with Gasteiger partial charge in [-0.15, -0.1) is 0 Å². The first-order valence-corrected chi connectivity index (χ1v) is 8.61. The van der Waals surface area contributed by atoms with Crippen molar-refractivity contribution in [2.45, 2.75) is 20.0 Å². The van der Waals surface area contributed by atoms with E-state index >= 15 is 0 Å². The van der Waals surface area contributed by atoms with Crippen LogP contribution in [0, 0.1) is 11.2 Å². The van der Waals surface area contributed by atoms with Crippen molar-refractivity contribution < 1.29 is 18.3 Å². The predicted octanol–water partition coefficient (Wildman–Crippen LogP) is 2.81. The third kappa shape index (κ3) is 4.40. The van der Waals surface area contributed by atoms with Gasteiger partial charge in [-0.1, -0.05) is 13.0 Å². The van der Waals surface area contributed by atoms with Crippen LogP contribution in [0.3, 0.4) is 0 Å². The van der Waals surface area contributed by atoms with Crippen LogP contribution < -0.4 is 4.74 Å². The first kappa shape index (κ1) is 18.4. The quantitative estimate of drug-likeness (QED) is 0.792. The van der Waals surface area contributed by atoms with Gasteiger partial charge in [0.2, 0.25) is 5.89 Å². The molecule has 0 N–H and O–H groups in total. The van der Waals surface area contributed by atoms with E-state index in [1.165, 1.54) is 18.4 Å². The SMILES string of the molecule is CN1CC[C@@](C)(CN(C)C(=O)c2coc(COc3cccc(F)c3)n2)C1. The van der Waals surface area contributed by atoms with Crippen LogP contribution in [-0.2, 0) is 6.61 Å². The first-order chi connectivity index (χ1) is 12.3. The number of benzene rings is 1. The Morgan fingerprint density at radius 2 is 2.31 bits per heavy atom. The fraction of sp³-hybridized carbons (Fsp3) is 0.474. The molecule has 6 nitrogen and oxygen atoms in total. The zero-order valence-corrected chi connectivity index (χ0v) is 15.4. The number of hydrogen-bond acceptors (Lipinski definition) is 5. The molecule has 2 aromatic rings. The highest BCUT2D eigenvalue weighted by Gasteiger charge is 2.34. The summed E-state index contributed by atoms with van der Waals surface area (Å²) in [5.74, 6) is 0.101. The van der Waals surface area contributed by atoms with Gasteiger partial charge in [0.05, 0.1) is 0 Å². The predicted molar refractivity (Wildman–Crippen MR) is 94.4 cm³/mol. The number of carbonyl (C=O) groups is 1. The number of hydrogen-bond donors (Lipinski definition) is 0. The van der Waals surface area contributed by atoms with Crippen molar-refractivity contribution in [3.8, 4) is 5.75 Å². The number of oxazole rings is 1. The van der Waals surface area contributed by atoms with Gasteiger partial charge in [0, 0.05) is 26.2 Å². The number of halogens is 1. The summed E-state index contributed by atoms with van der Waals surface area (Å²) in [4.78, 5) is 20.7. The highest BCUT2D eigenvalue weighted by atomic mass is 19.1. The Morgan fingerprint density at radius 3 is 3.00 bits per heavy atom. The second kappa shape index (κ2) is 7.45. The van der Waals surface area contributed by atoms with E-state index in [1.807, 2.05) is 0 Å². The zero-order chi connectivity index (χ0) is 18.7. The number of nitrogens with zero attached hydrogens (tertiary/aromatic N) is 3. The van der Waals surface area contributed by atoms with Crippen molar-refractivity contribution in [2.24, 2.45) is 5.41 Å². The van der Waals surface area contributed by atoms with Crippen molar-refractivity contribution in [2.75, 3.05) is 33.7 Å². The molecule has 7 heteroatoms. The molecule has 1 atom stereocenters. The standard InChI is InChI=1S/C19H24FN3O3/c1-19(7-8-22(2)12-19)13-23(3)18(24)16-10-26-17(21-16)11-25-15-6-4-5-14(20)9-15/h4-6,9-10H,7-8,11-13H2,1-3H3/t19-/m1/s1. The van der Waals surface area contributed by atoms with Crippen LogP contribution in [0.5, 0.6) is 5.75 Å². The minimum Gasteiger partial charge on any atom is -0.484 e. The Balaban J connectivity index is 1.57. The van der Waals surface area contributed by atoms with Crippen LogP contribution >= 0.6 is 0 Å². The third-order valence-electron chi connectivity index (χ3n) is 4.64. The molecule has 0 bridgehead atoms. The summed E-state index contributed by atoms with van der Waals surface area (Å²) in [5, 5.41) is 0. The number of amides is 1. The van der Waals surface area contributed by atoms with Crippen molar-refractivity contribution in [1.29, 1.82) is 0 Å². The smallest absolute Gasteiger partial charge is 0.275 e. The molecular weight excluding hydrogens is 337 g/mol. The van der Waals surface area contributed by atoms with Gasteiger partial charge in [0.15, 0.2) is 12.3 Å². The van der Waals surface area contributed by atoms with E-state index in [9.17, 15) is 9.18 Å². The number of rotatable bonds is 6. The molecule has 26 heavy (non-hydrogen) atoms. The van der Waals surface area contributed by atoms with Gasteiger partial charge in [-0.3, -0.25) is 4.79 Å². The molecule has 0 unspecified atom stereocenters. The Morgan fingerprint density at radius 1 is 1.50 bits per heavy atom. The van der Waals surface area contributed by atoms with Gasteiger partial charge in [-0.05, 0) is 37.6 Å². The Kier molecular flexibility index (Phi) is 5.27. The van der Waals surface area contributed by atoms with Crippen LogP contribution in [0.4, 0.5) is 4.39 Å². The van der Waals surface area contributed by atoms with Gasteiger partial charge >= 0.3 is 0 Å². The molecular formula is C19H24FN3O3. The topological polar surface area (TPSA) is 58.8 Å². The van der Waals surface area contributed by atoms with E-state index in [-0.39, 0.29) is 35.3 Å². The van der Waals surface area contributed by atoms with E-state index in [0.29, 0.717) is 12.3 Å². The van der Waals surface area contributed by atoms with Gasteiger partial charge < -0.3 is 19.0 Å². The molecule has 1 aliphatic heterocycles. The number of carbonyl (C=O) groups excluding carboxylic acids is 1. The molecule has 1 aromatic carbocycles.